The molecule has 3 heterocycles. The minimum Gasteiger partial charge on any atom is -0.337 e. The van der Waals surface area contributed by atoms with Gasteiger partial charge in [-0.3, -0.25) is 4.79 Å². The molecule has 2 aromatic heterocycles. The number of pyridine rings is 1. The van der Waals surface area contributed by atoms with Gasteiger partial charge in [0.15, 0.2) is 0 Å². The van der Waals surface area contributed by atoms with Crippen LogP contribution in [0.4, 0.5) is 13.2 Å². The van der Waals surface area contributed by atoms with E-state index >= 15 is 0 Å². The fraction of sp³-hybridized carbons (Fsp3) is 0.429. The summed E-state index contributed by atoms with van der Waals surface area (Å²) in [4.78, 5) is 17.8. The van der Waals surface area contributed by atoms with Crippen LogP contribution in [0.5, 0.6) is 0 Å². The van der Waals surface area contributed by atoms with Crippen LogP contribution in [0.3, 0.4) is 0 Å². The molecule has 7 heteroatoms. The summed E-state index contributed by atoms with van der Waals surface area (Å²) in [5.41, 5.74) is 0.305. The quantitative estimate of drug-likeness (QED) is 0.855. The number of likely N-dealkylation sites (tertiary alicyclic amines) is 1. The van der Waals surface area contributed by atoms with Gasteiger partial charge in [0.05, 0.1) is 12.0 Å². The summed E-state index contributed by atoms with van der Waals surface area (Å²) in [6.45, 7) is 1.82. The first-order chi connectivity index (χ1) is 9.76. The number of aromatic nitrogens is 2. The van der Waals surface area contributed by atoms with Crippen molar-refractivity contribution in [3.8, 4) is 0 Å². The average molecular weight is 297 g/mol. The van der Waals surface area contributed by atoms with E-state index in [4.69, 9.17) is 0 Å². The zero-order valence-corrected chi connectivity index (χ0v) is 11.4. The Balaban J connectivity index is 1.70. The molecule has 0 unspecified atom stereocenters. The number of nitrogens with zero attached hydrogens (tertiary/aromatic N) is 3. The molecule has 21 heavy (non-hydrogen) atoms. The molecule has 0 aliphatic carbocycles. The number of alkyl halides is 3. The Kier molecular flexibility index (Phi) is 2.96. The highest BCUT2D eigenvalue weighted by molar-refractivity contribution is 5.94. The van der Waals surface area contributed by atoms with E-state index in [1.807, 2.05) is 0 Å². The first kappa shape index (κ1) is 13.9. The second-order valence-corrected chi connectivity index (χ2v) is 5.87. The minimum absolute atomic E-state index is 0.132. The van der Waals surface area contributed by atoms with E-state index in [1.165, 1.54) is 4.90 Å². The van der Waals surface area contributed by atoms with E-state index in [1.54, 1.807) is 42.0 Å². The Hall–Kier alpha value is -2.05. The molecule has 0 aromatic carbocycles. The Labute approximate surface area is 119 Å². The number of fused-ring (bicyclic) bond motifs is 1. The van der Waals surface area contributed by atoms with Gasteiger partial charge in [0.25, 0.3) is 5.91 Å². The van der Waals surface area contributed by atoms with E-state index in [0.29, 0.717) is 5.56 Å². The van der Waals surface area contributed by atoms with Crippen LogP contribution in [0, 0.1) is 5.41 Å². The Morgan fingerprint density at radius 3 is 2.76 bits per heavy atom. The zero-order valence-electron chi connectivity index (χ0n) is 11.4. The van der Waals surface area contributed by atoms with Crippen LogP contribution in [0.1, 0.15) is 23.7 Å². The Morgan fingerprint density at radius 2 is 2.10 bits per heavy atom. The van der Waals surface area contributed by atoms with Crippen LogP contribution in [-0.4, -0.2) is 39.5 Å². The molecule has 1 fully saturated rings. The van der Waals surface area contributed by atoms with Crippen molar-refractivity contribution in [2.24, 2.45) is 5.41 Å². The van der Waals surface area contributed by atoms with Gasteiger partial charge in [0, 0.05) is 37.1 Å². The largest absolute Gasteiger partial charge is 0.389 e. The average Bonchev–Trinajstić information content (AvgIpc) is 2.79. The molecule has 1 saturated heterocycles. The SMILES string of the molecule is CC1(CC(F)(F)F)CN(C(=O)c2ccc3nccn3c2)C1. The normalized spacial score (nSPS) is 17.8. The summed E-state index contributed by atoms with van der Waals surface area (Å²) in [5.74, 6) is -0.245. The molecule has 0 radical (unpaired) electrons. The molecule has 3 rings (SSSR count). The summed E-state index contributed by atoms with van der Waals surface area (Å²) in [6.07, 6.45) is -0.0718. The third-order valence-electron chi connectivity index (χ3n) is 3.70. The van der Waals surface area contributed by atoms with Crippen LogP contribution < -0.4 is 0 Å². The maximum absolute atomic E-state index is 12.4. The minimum atomic E-state index is -4.19. The summed E-state index contributed by atoms with van der Waals surface area (Å²) in [7, 11) is 0. The van der Waals surface area contributed by atoms with Crippen molar-refractivity contribution < 1.29 is 18.0 Å². The zero-order chi connectivity index (χ0) is 15.3. The second kappa shape index (κ2) is 4.47. The predicted molar refractivity (Wildman–Crippen MR) is 69.9 cm³/mol. The second-order valence-electron chi connectivity index (χ2n) is 5.87. The molecule has 112 valence electrons. The van der Waals surface area contributed by atoms with E-state index < -0.39 is 18.0 Å². The van der Waals surface area contributed by atoms with Crippen LogP contribution in [0.2, 0.25) is 0 Å². The van der Waals surface area contributed by atoms with Crippen LogP contribution in [0.15, 0.2) is 30.7 Å². The highest BCUT2D eigenvalue weighted by Gasteiger charge is 2.48. The molecule has 0 bridgehead atoms. The molecule has 0 N–H and O–H groups in total. The third kappa shape index (κ3) is 2.72. The van der Waals surface area contributed by atoms with Crippen molar-refractivity contribution in [1.29, 1.82) is 0 Å². The molecule has 4 nitrogen and oxygen atoms in total. The molecule has 1 amide bonds. The molecule has 0 atom stereocenters. The molecule has 0 saturated carbocycles. The lowest BCUT2D eigenvalue weighted by Crippen LogP contribution is -2.58. The number of carbonyl (C=O) groups is 1. The fourth-order valence-electron chi connectivity index (χ4n) is 2.84. The van der Waals surface area contributed by atoms with E-state index in [0.717, 1.165) is 5.65 Å². The van der Waals surface area contributed by atoms with Crippen molar-refractivity contribution in [1.82, 2.24) is 14.3 Å². The molecule has 1 aliphatic rings. The first-order valence-corrected chi connectivity index (χ1v) is 6.55. The van der Waals surface area contributed by atoms with Gasteiger partial charge in [-0.05, 0) is 12.1 Å². The molecular formula is C14H14F3N3O. The van der Waals surface area contributed by atoms with Crippen molar-refractivity contribution in [3.63, 3.8) is 0 Å². The number of rotatable bonds is 2. The van der Waals surface area contributed by atoms with Gasteiger partial charge in [0.2, 0.25) is 0 Å². The van der Waals surface area contributed by atoms with E-state index in [2.05, 4.69) is 4.98 Å². The molecular weight excluding hydrogens is 283 g/mol. The lowest BCUT2D eigenvalue weighted by molar-refractivity contribution is -0.172. The maximum Gasteiger partial charge on any atom is 0.389 e. The number of carbonyl (C=O) groups excluding carboxylic acids is 1. The van der Waals surface area contributed by atoms with Gasteiger partial charge in [-0.1, -0.05) is 6.92 Å². The lowest BCUT2D eigenvalue weighted by atomic mass is 9.78. The fourth-order valence-corrected chi connectivity index (χ4v) is 2.84. The monoisotopic (exact) mass is 297 g/mol. The molecule has 2 aromatic rings. The summed E-state index contributed by atoms with van der Waals surface area (Å²) in [5, 5.41) is 0. The Morgan fingerprint density at radius 1 is 1.38 bits per heavy atom. The van der Waals surface area contributed by atoms with Gasteiger partial charge in [0.1, 0.15) is 5.65 Å². The van der Waals surface area contributed by atoms with E-state index in [9.17, 15) is 18.0 Å². The van der Waals surface area contributed by atoms with Crippen LogP contribution in [0.25, 0.3) is 5.65 Å². The van der Waals surface area contributed by atoms with Gasteiger partial charge in [-0.25, -0.2) is 4.98 Å². The predicted octanol–water partition coefficient (Wildman–Crippen LogP) is 2.75. The number of halogens is 3. The van der Waals surface area contributed by atoms with Gasteiger partial charge >= 0.3 is 6.18 Å². The number of imidazole rings is 1. The number of amides is 1. The highest BCUT2D eigenvalue weighted by Crippen LogP contribution is 2.40. The molecule has 0 spiro atoms. The van der Waals surface area contributed by atoms with Gasteiger partial charge < -0.3 is 9.30 Å². The van der Waals surface area contributed by atoms with Crippen molar-refractivity contribution in [2.45, 2.75) is 19.5 Å². The first-order valence-electron chi connectivity index (χ1n) is 6.55. The number of hydrogen-bond acceptors (Lipinski definition) is 2. The maximum atomic E-state index is 12.4. The van der Waals surface area contributed by atoms with Crippen molar-refractivity contribution >= 4 is 11.6 Å². The topological polar surface area (TPSA) is 37.6 Å². The van der Waals surface area contributed by atoms with Gasteiger partial charge in [-0.2, -0.15) is 13.2 Å². The smallest absolute Gasteiger partial charge is 0.337 e. The van der Waals surface area contributed by atoms with Crippen LogP contribution in [-0.2, 0) is 0 Å². The third-order valence-corrected chi connectivity index (χ3v) is 3.70. The lowest BCUT2D eigenvalue weighted by Gasteiger charge is -2.48. The van der Waals surface area contributed by atoms with Crippen molar-refractivity contribution in [2.75, 3.05) is 13.1 Å². The van der Waals surface area contributed by atoms with Gasteiger partial charge in [-0.15, -0.1) is 0 Å². The molecule has 1 aliphatic heterocycles. The summed E-state index contributed by atoms with van der Waals surface area (Å²) < 4.78 is 39.1. The van der Waals surface area contributed by atoms with Crippen molar-refractivity contribution in [3.05, 3.63) is 36.3 Å². The standard InChI is InChI=1S/C14H14F3N3O/c1-13(7-14(15,16)17)8-20(9-13)12(21)10-2-3-11-18-4-5-19(11)6-10/h2-6H,7-9H2,1H3. The van der Waals surface area contributed by atoms with Crippen LogP contribution >= 0.6 is 0 Å². The Bertz CT molecular complexity index is 686. The van der Waals surface area contributed by atoms with E-state index in [-0.39, 0.29) is 19.0 Å². The highest BCUT2D eigenvalue weighted by atomic mass is 19.4. The summed E-state index contributed by atoms with van der Waals surface area (Å²) >= 11 is 0. The summed E-state index contributed by atoms with van der Waals surface area (Å²) in [6, 6.07) is 3.35. The number of hydrogen-bond donors (Lipinski definition) is 0.